The lowest BCUT2D eigenvalue weighted by atomic mass is 10.1. The molecule has 1 aromatic carbocycles. The number of imidazole rings is 1. The Morgan fingerprint density at radius 1 is 1.11 bits per heavy atom. The molecule has 0 bridgehead atoms. The monoisotopic (exact) mass is 373 g/mol. The van der Waals surface area contributed by atoms with Gasteiger partial charge in [-0.05, 0) is 37.6 Å². The van der Waals surface area contributed by atoms with Gasteiger partial charge in [0.15, 0.2) is 5.82 Å². The topological polar surface area (TPSA) is 90.5 Å². The molecule has 8 nitrogen and oxygen atoms in total. The van der Waals surface area contributed by atoms with Gasteiger partial charge in [0, 0.05) is 36.3 Å². The van der Waals surface area contributed by atoms with Crippen molar-refractivity contribution in [3.63, 3.8) is 0 Å². The molecule has 0 spiro atoms. The SMILES string of the molecule is Cc1cc(C)n(-c2cc(NC(=O)c3ccc(Cn4ccnc4)cc3)ncn2)n1. The summed E-state index contributed by atoms with van der Waals surface area (Å²) in [7, 11) is 0. The first-order valence-electron chi connectivity index (χ1n) is 8.80. The van der Waals surface area contributed by atoms with Crippen molar-refractivity contribution in [1.29, 1.82) is 0 Å². The summed E-state index contributed by atoms with van der Waals surface area (Å²) < 4.78 is 3.69. The minimum absolute atomic E-state index is 0.229. The van der Waals surface area contributed by atoms with Crippen LogP contribution >= 0.6 is 0 Å². The van der Waals surface area contributed by atoms with E-state index in [0.29, 0.717) is 23.7 Å². The van der Waals surface area contributed by atoms with E-state index in [4.69, 9.17) is 0 Å². The summed E-state index contributed by atoms with van der Waals surface area (Å²) in [6.07, 6.45) is 6.81. The van der Waals surface area contributed by atoms with Crippen LogP contribution in [0.1, 0.15) is 27.3 Å². The molecule has 0 saturated carbocycles. The molecule has 0 aliphatic rings. The van der Waals surface area contributed by atoms with Crippen molar-refractivity contribution < 1.29 is 4.79 Å². The van der Waals surface area contributed by atoms with Gasteiger partial charge in [0.2, 0.25) is 0 Å². The summed E-state index contributed by atoms with van der Waals surface area (Å²) in [5.41, 5.74) is 3.50. The highest BCUT2D eigenvalue weighted by molar-refractivity contribution is 6.03. The first-order valence-corrected chi connectivity index (χ1v) is 8.80. The maximum Gasteiger partial charge on any atom is 0.256 e. The van der Waals surface area contributed by atoms with E-state index in [0.717, 1.165) is 17.0 Å². The summed E-state index contributed by atoms with van der Waals surface area (Å²) in [6.45, 7) is 4.58. The molecule has 0 atom stereocenters. The lowest BCUT2D eigenvalue weighted by Crippen LogP contribution is -2.14. The van der Waals surface area contributed by atoms with Crippen LogP contribution in [0, 0.1) is 13.8 Å². The molecule has 0 radical (unpaired) electrons. The van der Waals surface area contributed by atoms with Crippen LogP contribution < -0.4 is 5.32 Å². The molecular formula is C20H19N7O. The van der Waals surface area contributed by atoms with Crippen molar-refractivity contribution in [1.82, 2.24) is 29.3 Å². The molecule has 0 fully saturated rings. The van der Waals surface area contributed by atoms with Crippen molar-refractivity contribution in [2.24, 2.45) is 0 Å². The van der Waals surface area contributed by atoms with Crippen molar-refractivity contribution in [2.45, 2.75) is 20.4 Å². The summed E-state index contributed by atoms with van der Waals surface area (Å²) in [6, 6.07) is 11.1. The first-order chi connectivity index (χ1) is 13.6. The van der Waals surface area contributed by atoms with Crippen LogP contribution in [0.4, 0.5) is 5.82 Å². The van der Waals surface area contributed by atoms with Crippen molar-refractivity contribution in [3.05, 3.63) is 84.0 Å². The number of nitrogens with one attached hydrogen (secondary N) is 1. The zero-order valence-electron chi connectivity index (χ0n) is 15.6. The van der Waals surface area contributed by atoms with E-state index in [1.54, 1.807) is 35.4 Å². The van der Waals surface area contributed by atoms with E-state index in [1.807, 2.05) is 42.8 Å². The first kappa shape index (κ1) is 17.6. The summed E-state index contributed by atoms with van der Waals surface area (Å²) in [4.78, 5) is 25.0. The van der Waals surface area contributed by atoms with E-state index in [2.05, 4.69) is 25.4 Å². The highest BCUT2D eigenvalue weighted by Crippen LogP contribution is 2.14. The fraction of sp³-hybridized carbons (Fsp3) is 0.150. The predicted molar refractivity (Wildman–Crippen MR) is 104 cm³/mol. The van der Waals surface area contributed by atoms with Gasteiger partial charge < -0.3 is 9.88 Å². The number of aromatic nitrogens is 6. The Bertz CT molecular complexity index is 1100. The number of amides is 1. The van der Waals surface area contributed by atoms with Gasteiger partial charge in [-0.15, -0.1) is 0 Å². The number of carbonyl (C=O) groups is 1. The molecule has 28 heavy (non-hydrogen) atoms. The standard InChI is InChI=1S/C20H19N7O/c1-14-9-15(2)27(25-14)19-10-18(22-12-23-19)24-20(28)17-5-3-16(4-6-17)11-26-8-7-21-13-26/h3-10,12-13H,11H2,1-2H3,(H,22,23,24,28). The van der Waals surface area contributed by atoms with Crippen LogP contribution in [0.2, 0.25) is 0 Å². The third-order valence-corrected chi connectivity index (χ3v) is 4.26. The zero-order valence-corrected chi connectivity index (χ0v) is 15.6. The molecule has 3 heterocycles. The van der Waals surface area contributed by atoms with Gasteiger partial charge in [-0.25, -0.2) is 19.6 Å². The zero-order chi connectivity index (χ0) is 19.5. The minimum Gasteiger partial charge on any atom is -0.333 e. The predicted octanol–water partition coefficient (Wildman–Crippen LogP) is 2.78. The van der Waals surface area contributed by atoms with Crippen LogP contribution in [0.15, 0.2) is 61.4 Å². The fourth-order valence-corrected chi connectivity index (χ4v) is 2.93. The molecular weight excluding hydrogens is 354 g/mol. The molecule has 0 unspecified atom stereocenters. The van der Waals surface area contributed by atoms with Gasteiger partial charge in [0.05, 0.1) is 12.0 Å². The lowest BCUT2D eigenvalue weighted by molar-refractivity contribution is 0.102. The van der Waals surface area contributed by atoms with Crippen LogP contribution in [-0.4, -0.2) is 35.2 Å². The van der Waals surface area contributed by atoms with Gasteiger partial charge in [0.25, 0.3) is 5.91 Å². The van der Waals surface area contributed by atoms with Crippen molar-refractivity contribution in [2.75, 3.05) is 5.32 Å². The largest absolute Gasteiger partial charge is 0.333 e. The third kappa shape index (κ3) is 3.80. The number of hydrogen-bond acceptors (Lipinski definition) is 5. The molecule has 8 heteroatoms. The van der Waals surface area contributed by atoms with Crippen LogP contribution in [0.5, 0.6) is 0 Å². The molecule has 1 N–H and O–H groups in total. The number of benzene rings is 1. The van der Waals surface area contributed by atoms with E-state index in [9.17, 15) is 4.79 Å². The Morgan fingerprint density at radius 3 is 2.61 bits per heavy atom. The second kappa shape index (κ2) is 7.43. The highest BCUT2D eigenvalue weighted by Gasteiger charge is 2.10. The number of aryl methyl sites for hydroxylation is 2. The molecule has 4 aromatic rings. The molecule has 3 aromatic heterocycles. The van der Waals surface area contributed by atoms with Gasteiger partial charge in [-0.2, -0.15) is 5.10 Å². The maximum absolute atomic E-state index is 12.6. The van der Waals surface area contributed by atoms with Crippen LogP contribution in [-0.2, 0) is 6.54 Å². The number of nitrogens with zero attached hydrogens (tertiary/aromatic N) is 6. The second-order valence-corrected chi connectivity index (χ2v) is 6.49. The quantitative estimate of drug-likeness (QED) is 0.581. The normalized spacial score (nSPS) is 10.8. The number of hydrogen-bond donors (Lipinski definition) is 1. The second-order valence-electron chi connectivity index (χ2n) is 6.49. The molecule has 0 aliphatic carbocycles. The van der Waals surface area contributed by atoms with Gasteiger partial charge in [0.1, 0.15) is 12.1 Å². The number of carbonyl (C=O) groups excluding carboxylic acids is 1. The summed E-state index contributed by atoms with van der Waals surface area (Å²) in [5.74, 6) is 0.795. The lowest BCUT2D eigenvalue weighted by Gasteiger charge is -2.08. The van der Waals surface area contributed by atoms with Crippen molar-refractivity contribution >= 4 is 11.7 Å². The molecule has 1 amide bonds. The van der Waals surface area contributed by atoms with Crippen LogP contribution in [0.3, 0.4) is 0 Å². The molecule has 0 aliphatic heterocycles. The average molecular weight is 373 g/mol. The molecule has 4 rings (SSSR count). The smallest absolute Gasteiger partial charge is 0.256 e. The molecule has 140 valence electrons. The van der Waals surface area contributed by atoms with Gasteiger partial charge >= 0.3 is 0 Å². The fourth-order valence-electron chi connectivity index (χ4n) is 2.93. The van der Waals surface area contributed by atoms with Gasteiger partial charge in [-0.1, -0.05) is 12.1 Å². The van der Waals surface area contributed by atoms with Gasteiger partial charge in [-0.3, -0.25) is 4.79 Å². The summed E-state index contributed by atoms with van der Waals surface area (Å²) in [5, 5.41) is 7.22. The average Bonchev–Trinajstić information content (AvgIpc) is 3.31. The minimum atomic E-state index is -0.229. The Morgan fingerprint density at radius 2 is 1.93 bits per heavy atom. The van der Waals surface area contributed by atoms with E-state index < -0.39 is 0 Å². The Labute approximate surface area is 161 Å². The number of rotatable bonds is 5. The van der Waals surface area contributed by atoms with E-state index in [-0.39, 0.29) is 5.91 Å². The summed E-state index contributed by atoms with van der Waals surface area (Å²) >= 11 is 0. The Kier molecular flexibility index (Phi) is 4.67. The maximum atomic E-state index is 12.6. The van der Waals surface area contributed by atoms with E-state index in [1.165, 1.54) is 6.33 Å². The van der Waals surface area contributed by atoms with E-state index >= 15 is 0 Å². The highest BCUT2D eigenvalue weighted by atomic mass is 16.1. The Hall–Kier alpha value is -3.81. The van der Waals surface area contributed by atoms with Crippen LogP contribution in [0.25, 0.3) is 5.82 Å². The third-order valence-electron chi connectivity index (χ3n) is 4.26. The van der Waals surface area contributed by atoms with Crippen molar-refractivity contribution in [3.8, 4) is 5.82 Å². The molecule has 0 saturated heterocycles. The Balaban J connectivity index is 1.47. The number of anilines is 1.